The van der Waals surface area contributed by atoms with Crippen molar-refractivity contribution in [1.82, 2.24) is 0 Å². The average molecular weight is 322 g/mol. The lowest BCUT2D eigenvalue weighted by molar-refractivity contribution is 0.221. The Bertz CT molecular complexity index is 736. The molecule has 2 heteroatoms. The minimum atomic E-state index is 0.173. The molecule has 0 atom stereocenters. The zero-order valence-corrected chi connectivity index (χ0v) is 15.6. The SMILES string of the molecule is CCN1c2cccc3c(C)ccc(c23)N(CC)C12CCC(C)CC2. The molecule has 4 rings (SSSR count). The molecule has 0 saturated heterocycles. The fourth-order valence-corrected chi connectivity index (χ4v) is 5.25. The maximum Gasteiger partial charge on any atom is 0.113 e. The van der Waals surface area contributed by atoms with Gasteiger partial charge >= 0.3 is 0 Å². The van der Waals surface area contributed by atoms with Crippen LogP contribution in [0.15, 0.2) is 30.3 Å². The van der Waals surface area contributed by atoms with E-state index in [9.17, 15) is 0 Å². The van der Waals surface area contributed by atoms with Crippen LogP contribution in [0.25, 0.3) is 10.8 Å². The predicted octanol–water partition coefficient (Wildman–Crippen LogP) is 5.72. The highest BCUT2D eigenvalue weighted by atomic mass is 15.4. The molecule has 2 aromatic rings. The summed E-state index contributed by atoms with van der Waals surface area (Å²) in [5, 5.41) is 2.88. The first-order valence-electron chi connectivity index (χ1n) is 9.70. The molecular weight excluding hydrogens is 292 g/mol. The fourth-order valence-electron chi connectivity index (χ4n) is 5.25. The summed E-state index contributed by atoms with van der Waals surface area (Å²) in [6.07, 6.45) is 5.23. The molecule has 1 aliphatic carbocycles. The summed E-state index contributed by atoms with van der Waals surface area (Å²) in [7, 11) is 0. The van der Waals surface area contributed by atoms with Crippen LogP contribution in [0, 0.1) is 12.8 Å². The van der Waals surface area contributed by atoms with Gasteiger partial charge in [-0.15, -0.1) is 0 Å². The van der Waals surface area contributed by atoms with Crippen LogP contribution in [0.1, 0.15) is 52.0 Å². The summed E-state index contributed by atoms with van der Waals surface area (Å²) in [5.74, 6) is 0.864. The molecule has 1 saturated carbocycles. The Morgan fingerprint density at radius 2 is 1.58 bits per heavy atom. The monoisotopic (exact) mass is 322 g/mol. The second-order valence-corrected chi connectivity index (χ2v) is 7.75. The lowest BCUT2D eigenvalue weighted by Crippen LogP contribution is -2.64. The first-order valence-corrected chi connectivity index (χ1v) is 9.70. The summed E-state index contributed by atoms with van der Waals surface area (Å²) < 4.78 is 0. The summed E-state index contributed by atoms with van der Waals surface area (Å²) in [5.41, 5.74) is 4.46. The van der Waals surface area contributed by atoms with Crippen molar-refractivity contribution in [2.24, 2.45) is 5.92 Å². The van der Waals surface area contributed by atoms with Gasteiger partial charge in [0.15, 0.2) is 0 Å². The van der Waals surface area contributed by atoms with E-state index in [2.05, 4.69) is 67.8 Å². The van der Waals surface area contributed by atoms with Gasteiger partial charge in [0.05, 0.1) is 0 Å². The molecule has 1 aliphatic heterocycles. The topological polar surface area (TPSA) is 6.48 Å². The van der Waals surface area contributed by atoms with Crippen LogP contribution >= 0.6 is 0 Å². The molecule has 0 bridgehead atoms. The van der Waals surface area contributed by atoms with Crippen LogP contribution in [0.3, 0.4) is 0 Å². The van der Waals surface area contributed by atoms with E-state index in [0.29, 0.717) is 0 Å². The third-order valence-electron chi connectivity index (χ3n) is 6.51. The molecule has 0 amide bonds. The van der Waals surface area contributed by atoms with Gasteiger partial charge in [0.1, 0.15) is 5.66 Å². The third kappa shape index (κ3) is 2.01. The largest absolute Gasteiger partial charge is 0.348 e. The van der Waals surface area contributed by atoms with Crippen molar-refractivity contribution in [1.29, 1.82) is 0 Å². The quantitative estimate of drug-likeness (QED) is 0.697. The molecule has 0 unspecified atom stereocenters. The second kappa shape index (κ2) is 5.68. The van der Waals surface area contributed by atoms with E-state index < -0.39 is 0 Å². The molecule has 128 valence electrons. The smallest absolute Gasteiger partial charge is 0.113 e. The molecular formula is C22H30N2. The van der Waals surface area contributed by atoms with E-state index in [1.54, 1.807) is 0 Å². The minimum absolute atomic E-state index is 0.173. The molecule has 1 fully saturated rings. The van der Waals surface area contributed by atoms with E-state index in [1.807, 2.05) is 0 Å². The molecule has 24 heavy (non-hydrogen) atoms. The third-order valence-corrected chi connectivity index (χ3v) is 6.51. The van der Waals surface area contributed by atoms with Crippen LogP contribution < -0.4 is 9.80 Å². The van der Waals surface area contributed by atoms with Gasteiger partial charge in [-0.1, -0.05) is 25.1 Å². The number of hydrogen-bond donors (Lipinski definition) is 0. The highest BCUT2D eigenvalue weighted by molar-refractivity contribution is 6.07. The summed E-state index contributed by atoms with van der Waals surface area (Å²) in [6, 6.07) is 11.6. The second-order valence-electron chi connectivity index (χ2n) is 7.75. The fraction of sp³-hybridized carbons (Fsp3) is 0.545. The van der Waals surface area contributed by atoms with Gasteiger partial charge in [0.2, 0.25) is 0 Å². The van der Waals surface area contributed by atoms with E-state index in [0.717, 1.165) is 19.0 Å². The molecule has 0 aromatic heterocycles. The molecule has 1 spiro atoms. The van der Waals surface area contributed by atoms with Crippen LogP contribution in [0.5, 0.6) is 0 Å². The zero-order valence-electron chi connectivity index (χ0n) is 15.6. The lowest BCUT2D eigenvalue weighted by atomic mass is 9.78. The van der Waals surface area contributed by atoms with Crippen molar-refractivity contribution in [3.05, 3.63) is 35.9 Å². The van der Waals surface area contributed by atoms with Crippen LogP contribution in [-0.4, -0.2) is 18.8 Å². The standard InChI is InChI=1S/C22H30N2/c1-5-23-19-9-7-8-18-17(4)10-11-20(21(18)19)24(6-2)22(23)14-12-16(3)13-15-22/h7-11,16H,5-6,12-15H2,1-4H3. The predicted molar refractivity (Wildman–Crippen MR) is 105 cm³/mol. The molecule has 2 nitrogen and oxygen atoms in total. The Kier molecular flexibility index (Phi) is 3.74. The molecule has 2 aliphatic rings. The molecule has 0 radical (unpaired) electrons. The van der Waals surface area contributed by atoms with Crippen molar-refractivity contribution in [2.45, 2.75) is 59.0 Å². The molecule has 0 N–H and O–H groups in total. The Balaban J connectivity index is 1.99. The van der Waals surface area contributed by atoms with Crippen molar-refractivity contribution >= 4 is 22.1 Å². The summed E-state index contributed by atoms with van der Waals surface area (Å²) in [4.78, 5) is 5.44. The molecule has 2 aromatic carbocycles. The Hall–Kier alpha value is -1.70. The normalized spacial score (nSPS) is 26.4. The number of benzene rings is 2. The maximum absolute atomic E-state index is 2.72. The van der Waals surface area contributed by atoms with Gasteiger partial charge < -0.3 is 9.80 Å². The Labute approximate surface area is 146 Å². The lowest BCUT2D eigenvalue weighted by Gasteiger charge is -2.58. The number of nitrogens with zero attached hydrogens (tertiary/aromatic N) is 2. The van der Waals surface area contributed by atoms with Gasteiger partial charge in [-0.05, 0) is 75.5 Å². The van der Waals surface area contributed by atoms with Crippen molar-refractivity contribution in [3.63, 3.8) is 0 Å². The van der Waals surface area contributed by atoms with Gasteiger partial charge in [0.25, 0.3) is 0 Å². The minimum Gasteiger partial charge on any atom is -0.348 e. The van der Waals surface area contributed by atoms with E-state index in [4.69, 9.17) is 0 Å². The van der Waals surface area contributed by atoms with Crippen molar-refractivity contribution in [2.75, 3.05) is 22.9 Å². The maximum atomic E-state index is 2.72. The summed E-state index contributed by atoms with van der Waals surface area (Å²) in [6.45, 7) is 11.5. The number of rotatable bonds is 2. The van der Waals surface area contributed by atoms with Gasteiger partial charge in [0, 0.05) is 29.9 Å². The van der Waals surface area contributed by atoms with Crippen LogP contribution in [0.2, 0.25) is 0 Å². The van der Waals surface area contributed by atoms with Gasteiger partial charge in [-0.3, -0.25) is 0 Å². The van der Waals surface area contributed by atoms with E-state index >= 15 is 0 Å². The highest BCUT2D eigenvalue weighted by Gasteiger charge is 2.47. The van der Waals surface area contributed by atoms with Crippen molar-refractivity contribution < 1.29 is 0 Å². The molecule has 1 heterocycles. The first-order chi connectivity index (χ1) is 11.6. The summed E-state index contributed by atoms with van der Waals surface area (Å²) >= 11 is 0. The van der Waals surface area contributed by atoms with Crippen LogP contribution in [-0.2, 0) is 0 Å². The van der Waals surface area contributed by atoms with Gasteiger partial charge in [-0.2, -0.15) is 0 Å². The first kappa shape index (κ1) is 15.8. The van der Waals surface area contributed by atoms with E-state index in [1.165, 1.54) is 53.4 Å². The zero-order chi connectivity index (χ0) is 16.9. The van der Waals surface area contributed by atoms with Crippen molar-refractivity contribution in [3.8, 4) is 0 Å². The Morgan fingerprint density at radius 1 is 0.958 bits per heavy atom. The Morgan fingerprint density at radius 3 is 2.21 bits per heavy atom. The number of aryl methyl sites for hydroxylation is 1. The van der Waals surface area contributed by atoms with Crippen LogP contribution in [0.4, 0.5) is 11.4 Å². The average Bonchev–Trinajstić information content (AvgIpc) is 2.60. The number of anilines is 2. The highest BCUT2D eigenvalue weighted by Crippen LogP contribution is 2.51. The van der Waals surface area contributed by atoms with Gasteiger partial charge in [-0.25, -0.2) is 0 Å². The van der Waals surface area contributed by atoms with E-state index in [-0.39, 0.29) is 5.66 Å². The number of hydrogen-bond acceptors (Lipinski definition) is 2.